The van der Waals surface area contributed by atoms with Crippen molar-refractivity contribution < 1.29 is 4.79 Å². The molecular weight excluding hydrogens is 435 g/mol. The molecule has 1 aliphatic heterocycles. The van der Waals surface area contributed by atoms with E-state index in [4.69, 9.17) is 23.2 Å². The topological polar surface area (TPSA) is 32.3 Å². The Balaban J connectivity index is 1.62. The predicted molar refractivity (Wildman–Crippen MR) is 112 cm³/mol. The fourth-order valence-electron chi connectivity index (χ4n) is 3.27. The van der Waals surface area contributed by atoms with Gasteiger partial charge in [0.05, 0.1) is 5.92 Å². The van der Waals surface area contributed by atoms with Crippen LogP contribution in [0.25, 0.3) is 0 Å². The Morgan fingerprint density at radius 1 is 1.27 bits per heavy atom. The van der Waals surface area contributed by atoms with E-state index in [9.17, 15) is 4.79 Å². The van der Waals surface area contributed by atoms with Gasteiger partial charge in [-0.15, -0.1) is 0 Å². The van der Waals surface area contributed by atoms with Crippen molar-refractivity contribution in [1.29, 1.82) is 0 Å². The first-order chi connectivity index (χ1) is 12.4. The van der Waals surface area contributed by atoms with Crippen LogP contribution in [0, 0.1) is 12.8 Å². The van der Waals surface area contributed by atoms with E-state index < -0.39 is 0 Å². The van der Waals surface area contributed by atoms with Crippen LogP contribution in [0.1, 0.15) is 24.0 Å². The summed E-state index contributed by atoms with van der Waals surface area (Å²) in [4.78, 5) is 15.0. The molecule has 2 aromatic rings. The molecule has 0 aliphatic carbocycles. The number of amides is 1. The number of carbonyl (C=O) groups is 1. The predicted octanol–water partition coefficient (Wildman–Crippen LogP) is 5.92. The molecule has 6 heteroatoms. The molecule has 26 heavy (non-hydrogen) atoms. The number of halogens is 3. The van der Waals surface area contributed by atoms with Crippen LogP contribution in [-0.2, 0) is 11.3 Å². The number of anilines is 1. The van der Waals surface area contributed by atoms with Crippen molar-refractivity contribution in [2.45, 2.75) is 26.3 Å². The van der Waals surface area contributed by atoms with Crippen molar-refractivity contribution in [2.24, 2.45) is 5.92 Å². The third-order valence-electron chi connectivity index (χ3n) is 4.71. The molecular formula is C20H21BrCl2N2O. The molecule has 0 aromatic heterocycles. The van der Waals surface area contributed by atoms with Gasteiger partial charge < -0.3 is 5.32 Å². The molecule has 1 fully saturated rings. The highest BCUT2D eigenvalue weighted by Crippen LogP contribution is 2.26. The number of nitrogens with zero attached hydrogens (tertiary/aromatic N) is 1. The van der Waals surface area contributed by atoms with Gasteiger partial charge in [-0.25, -0.2) is 0 Å². The maximum absolute atomic E-state index is 12.7. The van der Waals surface area contributed by atoms with Gasteiger partial charge in [0.25, 0.3) is 0 Å². The molecule has 3 nitrogen and oxygen atoms in total. The summed E-state index contributed by atoms with van der Waals surface area (Å²) >= 11 is 15.7. The minimum absolute atomic E-state index is 0.0150. The van der Waals surface area contributed by atoms with Gasteiger partial charge in [-0.1, -0.05) is 45.2 Å². The SMILES string of the molecule is Cc1cc(NC(=O)C2CCCN(Cc3ccc(Cl)cc3Cl)C2)ccc1Br. The van der Waals surface area contributed by atoms with Crippen molar-refractivity contribution in [3.05, 3.63) is 62.0 Å². The Labute approximate surface area is 172 Å². The lowest BCUT2D eigenvalue weighted by atomic mass is 9.96. The first-order valence-electron chi connectivity index (χ1n) is 8.65. The van der Waals surface area contributed by atoms with Crippen molar-refractivity contribution >= 4 is 50.7 Å². The van der Waals surface area contributed by atoms with E-state index >= 15 is 0 Å². The first kappa shape index (κ1) is 19.7. The van der Waals surface area contributed by atoms with E-state index in [1.54, 1.807) is 6.07 Å². The van der Waals surface area contributed by atoms with Crippen molar-refractivity contribution in [2.75, 3.05) is 18.4 Å². The summed E-state index contributed by atoms with van der Waals surface area (Å²) in [6.45, 7) is 4.45. The molecule has 1 aliphatic rings. The second kappa shape index (κ2) is 8.75. The molecule has 2 aromatic carbocycles. The Kier molecular flexibility index (Phi) is 6.62. The lowest BCUT2D eigenvalue weighted by Gasteiger charge is -2.32. The Bertz CT molecular complexity index is 812. The highest BCUT2D eigenvalue weighted by molar-refractivity contribution is 9.10. The highest BCUT2D eigenvalue weighted by atomic mass is 79.9. The van der Waals surface area contributed by atoms with E-state index in [0.717, 1.165) is 53.8 Å². The smallest absolute Gasteiger partial charge is 0.228 e. The van der Waals surface area contributed by atoms with Crippen LogP contribution >= 0.6 is 39.1 Å². The normalized spacial score (nSPS) is 17.9. The molecule has 1 unspecified atom stereocenters. The van der Waals surface area contributed by atoms with E-state index in [1.807, 2.05) is 37.3 Å². The molecule has 1 amide bonds. The molecule has 1 saturated heterocycles. The molecule has 1 atom stereocenters. The largest absolute Gasteiger partial charge is 0.326 e. The summed E-state index contributed by atoms with van der Waals surface area (Å²) in [5, 5.41) is 4.37. The zero-order chi connectivity index (χ0) is 18.7. The third kappa shape index (κ3) is 5.01. The number of hydrogen-bond donors (Lipinski definition) is 1. The molecule has 1 N–H and O–H groups in total. The Morgan fingerprint density at radius 2 is 2.08 bits per heavy atom. The maximum atomic E-state index is 12.7. The number of nitrogens with one attached hydrogen (secondary N) is 1. The minimum atomic E-state index is -0.0150. The lowest BCUT2D eigenvalue weighted by molar-refractivity contribution is -0.121. The fourth-order valence-corrected chi connectivity index (χ4v) is 3.99. The summed E-state index contributed by atoms with van der Waals surface area (Å²) < 4.78 is 1.04. The van der Waals surface area contributed by atoms with E-state index in [0.29, 0.717) is 10.0 Å². The van der Waals surface area contributed by atoms with Gasteiger partial charge in [-0.3, -0.25) is 9.69 Å². The summed E-state index contributed by atoms with van der Waals surface area (Å²) in [5.41, 5.74) is 2.99. The van der Waals surface area contributed by atoms with Crippen LogP contribution in [-0.4, -0.2) is 23.9 Å². The number of carbonyl (C=O) groups excluding carboxylic acids is 1. The average molecular weight is 456 g/mol. The van der Waals surface area contributed by atoms with Gasteiger partial charge in [-0.2, -0.15) is 0 Å². The molecule has 0 spiro atoms. The number of aryl methyl sites for hydroxylation is 1. The van der Waals surface area contributed by atoms with Crippen molar-refractivity contribution in [3.63, 3.8) is 0 Å². The fraction of sp³-hybridized carbons (Fsp3) is 0.350. The molecule has 1 heterocycles. The van der Waals surface area contributed by atoms with Gasteiger partial charge in [-0.05, 0) is 67.8 Å². The molecule has 0 saturated carbocycles. The van der Waals surface area contributed by atoms with Gasteiger partial charge in [0, 0.05) is 33.3 Å². The number of hydrogen-bond acceptors (Lipinski definition) is 2. The number of rotatable bonds is 4. The van der Waals surface area contributed by atoms with Crippen LogP contribution in [0.2, 0.25) is 10.0 Å². The Morgan fingerprint density at radius 3 is 2.81 bits per heavy atom. The summed E-state index contributed by atoms with van der Waals surface area (Å²) in [6.07, 6.45) is 1.91. The van der Waals surface area contributed by atoms with Crippen LogP contribution in [0.3, 0.4) is 0 Å². The van der Waals surface area contributed by atoms with Crippen LogP contribution in [0.15, 0.2) is 40.9 Å². The number of benzene rings is 2. The molecule has 138 valence electrons. The minimum Gasteiger partial charge on any atom is -0.326 e. The van der Waals surface area contributed by atoms with E-state index in [2.05, 4.69) is 26.1 Å². The third-order valence-corrected chi connectivity index (χ3v) is 6.19. The van der Waals surface area contributed by atoms with Gasteiger partial charge in [0.2, 0.25) is 5.91 Å². The summed E-state index contributed by atoms with van der Waals surface area (Å²) in [6, 6.07) is 11.4. The van der Waals surface area contributed by atoms with Crippen LogP contribution in [0.5, 0.6) is 0 Å². The van der Waals surface area contributed by atoms with Crippen LogP contribution < -0.4 is 5.32 Å². The average Bonchev–Trinajstić information content (AvgIpc) is 2.61. The zero-order valence-corrected chi connectivity index (χ0v) is 17.7. The standard InChI is InChI=1S/C20H21BrCl2N2O/c1-13-9-17(6-7-18(13)21)24-20(26)15-3-2-8-25(12-15)11-14-4-5-16(22)10-19(14)23/h4-7,9-10,15H,2-3,8,11-12H2,1H3,(H,24,26). The second-order valence-corrected chi connectivity index (χ2v) is 8.46. The van der Waals surface area contributed by atoms with E-state index in [-0.39, 0.29) is 11.8 Å². The number of piperidine rings is 1. The van der Waals surface area contributed by atoms with E-state index in [1.165, 1.54) is 0 Å². The lowest BCUT2D eigenvalue weighted by Crippen LogP contribution is -2.40. The van der Waals surface area contributed by atoms with Gasteiger partial charge in [0.15, 0.2) is 0 Å². The monoisotopic (exact) mass is 454 g/mol. The number of likely N-dealkylation sites (tertiary alicyclic amines) is 1. The highest BCUT2D eigenvalue weighted by Gasteiger charge is 2.26. The molecule has 0 radical (unpaired) electrons. The van der Waals surface area contributed by atoms with Crippen LogP contribution in [0.4, 0.5) is 5.69 Å². The summed E-state index contributed by atoms with van der Waals surface area (Å²) in [5.74, 6) is 0.0670. The summed E-state index contributed by atoms with van der Waals surface area (Å²) in [7, 11) is 0. The quantitative estimate of drug-likeness (QED) is 0.620. The second-order valence-electron chi connectivity index (χ2n) is 6.76. The Hall–Kier alpha value is -1.07. The molecule has 0 bridgehead atoms. The van der Waals surface area contributed by atoms with Crippen molar-refractivity contribution in [3.8, 4) is 0 Å². The van der Waals surface area contributed by atoms with Crippen molar-refractivity contribution in [1.82, 2.24) is 4.90 Å². The molecule has 3 rings (SSSR count). The first-order valence-corrected chi connectivity index (χ1v) is 10.2. The zero-order valence-electron chi connectivity index (χ0n) is 14.6. The maximum Gasteiger partial charge on any atom is 0.228 e. The van der Waals surface area contributed by atoms with Gasteiger partial charge in [0.1, 0.15) is 0 Å². The van der Waals surface area contributed by atoms with Gasteiger partial charge >= 0.3 is 0 Å².